The minimum absolute atomic E-state index is 0.0205. The van der Waals surface area contributed by atoms with Crippen LogP contribution in [0.1, 0.15) is 34.3 Å². The van der Waals surface area contributed by atoms with Crippen LogP contribution in [-0.4, -0.2) is 32.0 Å². The van der Waals surface area contributed by atoms with Gasteiger partial charge in [0.15, 0.2) is 5.78 Å². The van der Waals surface area contributed by atoms with Gasteiger partial charge in [-0.2, -0.15) is 13.2 Å². The van der Waals surface area contributed by atoms with Gasteiger partial charge in [-0.25, -0.2) is 0 Å². The molecule has 0 unspecified atom stereocenters. The van der Waals surface area contributed by atoms with Crippen molar-refractivity contribution in [3.8, 4) is 5.75 Å². The summed E-state index contributed by atoms with van der Waals surface area (Å²) in [4.78, 5) is 26.1. The first-order chi connectivity index (χ1) is 17.7. The molecule has 1 atom stereocenters. The molecule has 0 spiro atoms. The first kappa shape index (κ1) is 26.2. The molecule has 1 aliphatic heterocycles. The number of ether oxygens (including phenoxy) is 2. The van der Waals surface area contributed by atoms with Crippen molar-refractivity contribution in [1.29, 1.82) is 0 Å². The van der Waals surface area contributed by atoms with Crippen molar-refractivity contribution in [2.45, 2.75) is 25.6 Å². The van der Waals surface area contributed by atoms with Crippen molar-refractivity contribution in [3.05, 3.63) is 89.5 Å². The van der Waals surface area contributed by atoms with Gasteiger partial charge in [-0.1, -0.05) is 24.3 Å². The highest BCUT2D eigenvalue weighted by Gasteiger charge is 2.44. The smallest absolute Gasteiger partial charge is 0.418 e. The van der Waals surface area contributed by atoms with Crippen LogP contribution in [0.3, 0.4) is 0 Å². The van der Waals surface area contributed by atoms with E-state index in [0.29, 0.717) is 30.0 Å². The fourth-order valence-electron chi connectivity index (χ4n) is 4.26. The third-order valence-corrected chi connectivity index (χ3v) is 6.41. The number of anilines is 2. The normalized spacial score (nSPS) is 17.3. The zero-order valence-electron chi connectivity index (χ0n) is 20.2. The minimum Gasteiger partial charge on any atom is -0.497 e. The van der Waals surface area contributed by atoms with Gasteiger partial charge >= 0.3 is 6.18 Å². The average molecular weight is 513 g/mol. The summed E-state index contributed by atoms with van der Waals surface area (Å²) >= 11 is 0. The predicted octanol–water partition coefficient (Wildman–Crippen LogP) is 5.75. The number of rotatable bonds is 9. The van der Waals surface area contributed by atoms with Crippen molar-refractivity contribution in [1.82, 2.24) is 5.32 Å². The molecule has 0 aromatic heterocycles. The van der Waals surface area contributed by atoms with Gasteiger partial charge in [0.1, 0.15) is 5.75 Å². The number of alkyl halides is 3. The van der Waals surface area contributed by atoms with E-state index in [1.165, 1.54) is 18.2 Å². The number of para-hydroxylation sites is 1. The molecule has 1 aliphatic rings. The summed E-state index contributed by atoms with van der Waals surface area (Å²) in [6, 6.07) is 18.7. The van der Waals surface area contributed by atoms with Crippen molar-refractivity contribution in [2.24, 2.45) is 5.41 Å². The van der Waals surface area contributed by atoms with E-state index in [1.54, 1.807) is 55.6 Å². The molecule has 194 valence electrons. The van der Waals surface area contributed by atoms with Crippen molar-refractivity contribution in [2.75, 3.05) is 25.6 Å². The van der Waals surface area contributed by atoms with Crippen LogP contribution in [0.15, 0.2) is 72.8 Å². The third-order valence-electron chi connectivity index (χ3n) is 6.41. The van der Waals surface area contributed by atoms with Crippen molar-refractivity contribution < 1.29 is 32.2 Å². The summed E-state index contributed by atoms with van der Waals surface area (Å²) in [6.07, 6.45) is -4.02. The summed E-state index contributed by atoms with van der Waals surface area (Å²) in [7, 11) is 1.54. The maximum atomic E-state index is 13.2. The monoisotopic (exact) mass is 512 g/mol. The Hall–Kier alpha value is -3.85. The summed E-state index contributed by atoms with van der Waals surface area (Å²) in [5.74, 6) is 0.213. The second-order valence-corrected chi connectivity index (χ2v) is 8.96. The molecule has 6 nitrogen and oxygen atoms in total. The van der Waals surface area contributed by atoms with Gasteiger partial charge in [-0.15, -0.1) is 0 Å². The number of halogens is 3. The Labute approximate surface area is 212 Å². The number of nitrogens with one attached hydrogen (secondary N) is 2. The van der Waals surface area contributed by atoms with E-state index in [-0.39, 0.29) is 37.0 Å². The minimum atomic E-state index is -4.47. The lowest BCUT2D eigenvalue weighted by atomic mass is 9.80. The van der Waals surface area contributed by atoms with E-state index >= 15 is 0 Å². The number of benzene rings is 3. The van der Waals surface area contributed by atoms with Gasteiger partial charge in [0.05, 0.1) is 30.4 Å². The molecule has 0 saturated carbocycles. The number of hydrogen-bond acceptors (Lipinski definition) is 5. The first-order valence-electron chi connectivity index (χ1n) is 11.8. The largest absolute Gasteiger partial charge is 0.497 e. The van der Waals surface area contributed by atoms with E-state index < -0.39 is 17.2 Å². The zero-order chi connectivity index (χ0) is 26.5. The van der Waals surface area contributed by atoms with Crippen molar-refractivity contribution >= 4 is 23.1 Å². The quantitative estimate of drug-likeness (QED) is 0.357. The lowest BCUT2D eigenvalue weighted by molar-refractivity contribution is -0.137. The van der Waals surface area contributed by atoms with Crippen LogP contribution in [0, 0.1) is 5.41 Å². The number of Topliss-reactive ketones (excluding diaryl/α,β-unsaturated/α-hetero) is 1. The molecule has 3 aromatic carbocycles. The SMILES string of the molecule is COc1ccc(C(=O)C[C@@]2(C(=O)NCc3ccc(Nc4ccccc4C(F)(F)F)cc3)CCOC2)cc1. The Morgan fingerprint density at radius 1 is 1.00 bits per heavy atom. The third kappa shape index (κ3) is 6.29. The second-order valence-electron chi connectivity index (χ2n) is 8.96. The van der Waals surface area contributed by atoms with Crippen LogP contribution in [0.5, 0.6) is 5.75 Å². The van der Waals surface area contributed by atoms with Crippen LogP contribution in [0.2, 0.25) is 0 Å². The number of ketones is 1. The van der Waals surface area contributed by atoms with Gasteiger partial charge in [-0.05, 0) is 60.5 Å². The Bertz CT molecular complexity index is 1240. The van der Waals surface area contributed by atoms with Crippen LogP contribution in [-0.2, 0) is 22.3 Å². The summed E-state index contributed by atoms with van der Waals surface area (Å²) in [5, 5.41) is 5.69. The summed E-state index contributed by atoms with van der Waals surface area (Å²) in [6.45, 7) is 0.752. The fraction of sp³-hybridized carbons (Fsp3) is 0.286. The second kappa shape index (κ2) is 11.0. The summed E-state index contributed by atoms with van der Waals surface area (Å²) in [5.41, 5.74) is -0.00805. The van der Waals surface area contributed by atoms with Gasteiger partial charge in [0, 0.05) is 30.8 Å². The molecule has 3 aromatic rings. The fourth-order valence-corrected chi connectivity index (χ4v) is 4.26. The molecule has 0 bridgehead atoms. The molecule has 4 rings (SSSR count). The lowest BCUT2D eigenvalue weighted by Gasteiger charge is -2.25. The molecule has 1 fully saturated rings. The topological polar surface area (TPSA) is 76.7 Å². The molecule has 2 N–H and O–H groups in total. The maximum absolute atomic E-state index is 13.2. The van der Waals surface area contributed by atoms with Gasteiger partial charge in [-0.3, -0.25) is 9.59 Å². The van der Waals surface area contributed by atoms with Crippen LogP contribution >= 0.6 is 0 Å². The van der Waals surface area contributed by atoms with E-state index in [2.05, 4.69) is 10.6 Å². The zero-order valence-corrected chi connectivity index (χ0v) is 20.2. The molecule has 9 heteroatoms. The van der Waals surface area contributed by atoms with Gasteiger partial charge in [0.2, 0.25) is 5.91 Å². The Morgan fingerprint density at radius 3 is 2.32 bits per heavy atom. The van der Waals surface area contributed by atoms with Crippen molar-refractivity contribution in [3.63, 3.8) is 0 Å². The van der Waals surface area contributed by atoms with E-state index in [4.69, 9.17) is 9.47 Å². The highest BCUT2D eigenvalue weighted by atomic mass is 19.4. The van der Waals surface area contributed by atoms with Gasteiger partial charge < -0.3 is 20.1 Å². The molecule has 0 aliphatic carbocycles. The molecule has 1 saturated heterocycles. The number of amides is 1. The Balaban J connectivity index is 1.38. The predicted molar refractivity (Wildman–Crippen MR) is 133 cm³/mol. The highest BCUT2D eigenvalue weighted by molar-refractivity contribution is 6.00. The number of carbonyl (C=O) groups is 2. The molecule has 1 heterocycles. The number of hydrogen-bond donors (Lipinski definition) is 2. The molecule has 37 heavy (non-hydrogen) atoms. The van der Waals surface area contributed by atoms with Crippen LogP contribution in [0.4, 0.5) is 24.5 Å². The Kier molecular flexibility index (Phi) is 7.83. The summed E-state index contributed by atoms with van der Waals surface area (Å²) < 4.78 is 50.3. The van der Waals surface area contributed by atoms with Gasteiger partial charge in [0.25, 0.3) is 0 Å². The number of methoxy groups -OCH3 is 1. The highest BCUT2D eigenvalue weighted by Crippen LogP contribution is 2.36. The average Bonchev–Trinajstić information content (AvgIpc) is 3.37. The Morgan fingerprint density at radius 2 is 1.70 bits per heavy atom. The molecule has 1 amide bonds. The lowest BCUT2D eigenvalue weighted by Crippen LogP contribution is -2.42. The van der Waals surface area contributed by atoms with Crippen LogP contribution in [0.25, 0.3) is 0 Å². The first-order valence-corrected chi connectivity index (χ1v) is 11.8. The van der Waals surface area contributed by atoms with E-state index in [9.17, 15) is 22.8 Å². The molecule has 0 radical (unpaired) electrons. The molecular weight excluding hydrogens is 485 g/mol. The molecular formula is C28H27F3N2O4. The van der Waals surface area contributed by atoms with Crippen LogP contribution < -0.4 is 15.4 Å². The standard InChI is InChI=1S/C28H27F3N2O4/c1-36-22-12-8-20(9-13-22)25(34)16-27(14-15-37-18-27)26(35)32-17-19-6-10-21(11-7-19)33-24-5-3-2-4-23(24)28(29,30)31/h2-13,33H,14-18H2,1H3,(H,32,35)/t27-/m0/s1. The van der Waals surface area contributed by atoms with E-state index in [0.717, 1.165) is 11.6 Å². The maximum Gasteiger partial charge on any atom is 0.418 e. The van der Waals surface area contributed by atoms with E-state index in [1.807, 2.05) is 0 Å². The number of carbonyl (C=O) groups excluding carboxylic acids is 2.